The van der Waals surface area contributed by atoms with Crippen LogP contribution in [0, 0.1) is 5.82 Å². The molecule has 3 aromatic rings. The average molecular weight is 303 g/mol. The van der Waals surface area contributed by atoms with Gasteiger partial charge in [0.2, 0.25) is 0 Å². The molecular formula is C14H10FN3O2S. The van der Waals surface area contributed by atoms with E-state index in [1.807, 2.05) is 0 Å². The largest absolute Gasteiger partial charge is 0.505 e. The molecule has 3 rings (SSSR count). The van der Waals surface area contributed by atoms with Gasteiger partial charge in [-0.2, -0.15) is 4.98 Å². The molecule has 0 aliphatic rings. The minimum Gasteiger partial charge on any atom is -0.505 e. The molecule has 0 radical (unpaired) electrons. The maximum absolute atomic E-state index is 12.8. The molecule has 0 bridgehead atoms. The van der Waals surface area contributed by atoms with Crippen molar-refractivity contribution < 1.29 is 14.0 Å². The number of aromatic hydroxyl groups is 1. The summed E-state index contributed by atoms with van der Waals surface area (Å²) < 4.78 is 17.9. The summed E-state index contributed by atoms with van der Waals surface area (Å²) >= 11 is 1.47. The van der Waals surface area contributed by atoms with Crippen LogP contribution in [0.4, 0.5) is 4.39 Å². The molecule has 0 spiro atoms. The Kier molecular flexibility index (Phi) is 3.83. The van der Waals surface area contributed by atoms with Crippen LogP contribution in [0.5, 0.6) is 5.75 Å². The predicted octanol–water partition coefficient (Wildman–Crippen LogP) is 3.27. The number of rotatable bonds is 4. The number of halogens is 1. The van der Waals surface area contributed by atoms with Crippen LogP contribution in [-0.2, 0) is 5.75 Å². The van der Waals surface area contributed by atoms with Crippen molar-refractivity contribution in [3.63, 3.8) is 0 Å². The number of nitrogens with zero attached hydrogens (tertiary/aromatic N) is 3. The van der Waals surface area contributed by atoms with Crippen molar-refractivity contribution in [3.05, 3.63) is 54.4 Å². The van der Waals surface area contributed by atoms with E-state index >= 15 is 0 Å². The summed E-state index contributed by atoms with van der Waals surface area (Å²) in [5.41, 5.74) is 0.440. The molecule has 0 atom stereocenters. The summed E-state index contributed by atoms with van der Waals surface area (Å²) in [4.78, 5) is 8.91. The van der Waals surface area contributed by atoms with Gasteiger partial charge in [0.25, 0.3) is 5.89 Å². The van der Waals surface area contributed by atoms with Crippen LogP contribution >= 0.6 is 11.8 Å². The molecule has 2 heterocycles. The van der Waals surface area contributed by atoms with Crippen molar-refractivity contribution in [3.8, 4) is 17.2 Å². The highest BCUT2D eigenvalue weighted by Gasteiger charge is 2.12. The zero-order valence-corrected chi connectivity index (χ0v) is 11.5. The second-order valence-corrected chi connectivity index (χ2v) is 5.20. The SMILES string of the molecule is Oc1cnccc1-c1nc(CSc2ccc(F)cc2)no1. The van der Waals surface area contributed by atoms with Gasteiger partial charge in [0.05, 0.1) is 17.5 Å². The summed E-state index contributed by atoms with van der Waals surface area (Å²) in [6.45, 7) is 0. The van der Waals surface area contributed by atoms with Crippen LogP contribution in [-0.4, -0.2) is 20.2 Å². The quantitative estimate of drug-likeness (QED) is 0.746. The maximum Gasteiger partial charge on any atom is 0.261 e. The minimum atomic E-state index is -0.269. The van der Waals surface area contributed by atoms with Crippen LogP contribution in [0.2, 0.25) is 0 Å². The minimum absolute atomic E-state index is 0.0149. The fourth-order valence-corrected chi connectivity index (χ4v) is 2.41. The van der Waals surface area contributed by atoms with E-state index in [0.29, 0.717) is 17.1 Å². The highest BCUT2D eigenvalue weighted by Crippen LogP contribution is 2.27. The van der Waals surface area contributed by atoms with Gasteiger partial charge in [0.15, 0.2) is 5.82 Å². The first-order chi connectivity index (χ1) is 10.2. The predicted molar refractivity (Wildman–Crippen MR) is 75.2 cm³/mol. The Bertz CT molecular complexity index is 746. The van der Waals surface area contributed by atoms with Gasteiger partial charge in [0, 0.05) is 11.1 Å². The highest BCUT2D eigenvalue weighted by molar-refractivity contribution is 7.98. The van der Waals surface area contributed by atoms with Crippen LogP contribution < -0.4 is 0 Å². The van der Waals surface area contributed by atoms with E-state index in [2.05, 4.69) is 15.1 Å². The van der Waals surface area contributed by atoms with Crippen molar-refractivity contribution in [2.24, 2.45) is 0 Å². The molecule has 0 saturated carbocycles. The Morgan fingerprint density at radius 1 is 1.19 bits per heavy atom. The molecule has 1 aromatic carbocycles. The van der Waals surface area contributed by atoms with E-state index in [4.69, 9.17) is 4.52 Å². The molecule has 0 unspecified atom stereocenters. The maximum atomic E-state index is 12.8. The van der Waals surface area contributed by atoms with Gasteiger partial charge in [-0.25, -0.2) is 4.39 Å². The number of benzene rings is 1. The number of thioether (sulfide) groups is 1. The Hall–Kier alpha value is -2.41. The Labute approximate surface area is 123 Å². The standard InChI is InChI=1S/C14H10FN3O2S/c15-9-1-3-10(4-2-9)21-8-13-17-14(20-18-13)11-5-6-16-7-12(11)19/h1-7,19H,8H2. The van der Waals surface area contributed by atoms with E-state index in [1.165, 1.54) is 36.3 Å². The van der Waals surface area contributed by atoms with Gasteiger partial charge < -0.3 is 9.63 Å². The van der Waals surface area contributed by atoms with Gasteiger partial charge in [-0.05, 0) is 30.3 Å². The van der Waals surface area contributed by atoms with Crippen LogP contribution in [0.15, 0.2) is 52.1 Å². The molecule has 0 aliphatic carbocycles. The van der Waals surface area contributed by atoms with E-state index in [9.17, 15) is 9.50 Å². The zero-order valence-electron chi connectivity index (χ0n) is 10.7. The topological polar surface area (TPSA) is 72.0 Å². The Morgan fingerprint density at radius 2 is 2.00 bits per heavy atom. The fourth-order valence-electron chi connectivity index (χ4n) is 1.67. The first-order valence-corrected chi connectivity index (χ1v) is 7.05. The highest BCUT2D eigenvalue weighted by atomic mass is 32.2. The van der Waals surface area contributed by atoms with E-state index < -0.39 is 0 Å². The lowest BCUT2D eigenvalue weighted by atomic mass is 10.2. The van der Waals surface area contributed by atoms with Crippen molar-refractivity contribution in [1.29, 1.82) is 0 Å². The molecular weight excluding hydrogens is 293 g/mol. The molecule has 0 amide bonds. The number of hydrogen-bond donors (Lipinski definition) is 1. The van der Waals surface area contributed by atoms with Crippen molar-refractivity contribution in [2.75, 3.05) is 0 Å². The van der Waals surface area contributed by atoms with Gasteiger partial charge in [-0.1, -0.05) is 5.16 Å². The zero-order chi connectivity index (χ0) is 14.7. The Morgan fingerprint density at radius 3 is 2.76 bits per heavy atom. The second kappa shape index (κ2) is 5.92. The average Bonchev–Trinajstić information content (AvgIpc) is 2.96. The lowest BCUT2D eigenvalue weighted by Crippen LogP contribution is -1.85. The first-order valence-electron chi connectivity index (χ1n) is 6.06. The van der Waals surface area contributed by atoms with Gasteiger partial charge in [-0.3, -0.25) is 4.98 Å². The monoisotopic (exact) mass is 303 g/mol. The van der Waals surface area contributed by atoms with Crippen LogP contribution in [0.3, 0.4) is 0 Å². The molecule has 106 valence electrons. The summed E-state index contributed by atoms with van der Waals surface area (Å²) in [6, 6.07) is 7.78. The van der Waals surface area contributed by atoms with E-state index in [-0.39, 0.29) is 17.5 Å². The third-order valence-corrected chi connectivity index (χ3v) is 3.69. The molecule has 5 nitrogen and oxygen atoms in total. The lowest BCUT2D eigenvalue weighted by molar-refractivity contribution is 0.419. The van der Waals surface area contributed by atoms with Gasteiger partial charge >= 0.3 is 0 Å². The molecule has 2 aromatic heterocycles. The Balaban J connectivity index is 1.71. The summed E-state index contributed by atoms with van der Waals surface area (Å²) in [5, 5.41) is 13.5. The lowest BCUT2D eigenvalue weighted by Gasteiger charge is -1.97. The summed E-state index contributed by atoms with van der Waals surface area (Å²) in [5.74, 6) is 0.939. The number of hydrogen-bond acceptors (Lipinski definition) is 6. The fraction of sp³-hybridized carbons (Fsp3) is 0.0714. The van der Waals surface area contributed by atoms with E-state index in [1.54, 1.807) is 18.2 Å². The molecule has 7 heteroatoms. The van der Waals surface area contributed by atoms with Crippen molar-refractivity contribution in [2.45, 2.75) is 10.6 Å². The smallest absolute Gasteiger partial charge is 0.261 e. The molecule has 0 fully saturated rings. The van der Waals surface area contributed by atoms with Crippen LogP contribution in [0.1, 0.15) is 5.82 Å². The van der Waals surface area contributed by atoms with Crippen LogP contribution in [0.25, 0.3) is 11.5 Å². The normalized spacial score (nSPS) is 10.7. The molecule has 0 aliphatic heterocycles. The second-order valence-electron chi connectivity index (χ2n) is 4.15. The summed E-state index contributed by atoms with van der Waals surface area (Å²) in [6.07, 6.45) is 2.85. The first kappa shape index (κ1) is 13.6. The van der Waals surface area contributed by atoms with Gasteiger partial charge in [-0.15, -0.1) is 11.8 Å². The molecule has 0 saturated heterocycles. The van der Waals surface area contributed by atoms with Crippen molar-refractivity contribution >= 4 is 11.8 Å². The third-order valence-electron chi connectivity index (χ3n) is 2.68. The molecule has 21 heavy (non-hydrogen) atoms. The summed E-state index contributed by atoms with van der Waals surface area (Å²) in [7, 11) is 0. The van der Waals surface area contributed by atoms with Crippen molar-refractivity contribution in [1.82, 2.24) is 15.1 Å². The number of aromatic nitrogens is 3. The molecule has 1 N–H and O–H groups in total. The van der Waals surface area contributed by atoms with Gasteiger partial charge in [0.1, 0.15) is 11.6 Å². The third kappa shape index (κ3) is 3.19. The van der Waals surface area contributed by atoms with E-state index in [0.717, 1.165) is 4.90 Å². The number of pyridine rings is 1.